The molecule has 2 aromatic rings. The van der Waals surface area contributed by atoms with Gasteiger partial charge in [0, 0.05) is 28.2 Å². The molecule has 0 aliphatic rings. The van der Waals surface area contributed by atoms with Crippen LogP contribution < -0.4 is 5.32 Å². The van der Waals surface area contributed by atoms with Crippen molar-refractivity contribution in [3.8, 4) is 6.07 Å². The molecule has 0 aromatic carbocycles. The molecule has 0 radical (unpaired) electrons. The van der Waals surface area contributed by atoms with Crippen molar-refractivity contribution in [3.63, 3.8) is 0 Å². The fourth-order valence-corrected chi connectivity index (χ4v) is 2.20. The third-order valence-electron chi connectivity index (χ3n) is 2.14. The van der Waals surface area contributed by atoms with E-state index in [9.17, 15) is 0 Å². The normalized spacial score (nSPS) is 9.75. The zero-order chi connectivity index (χ0) is 11.4. The molecule has 0 fully saturated rings. The highest BCUT2D eigenvalue weighted by atomic mass is 32.1. The molecule has 0 atom stereocenters. The van der Waals surface area contributed by atoms with Gasteiger partial charge in [0.2, 0.25) is 0 Å². The lowest BCUT2D eigenvalue weighted by Crippen LogP contribution is -1.98. The average Bonchev–Trinajstić information content (AvgIpc) is 2.73. The molecule has 4 heteroatoms. The summed E-state index contributed by atoms with van der Waals surface area (Å²) >= 11 is 1.77. The summed E-state index contributed by atoms with van der Waals surface area (Å²) in [7, 11) is 0. The summed E-state index contributed by atoms with van der Waals surface area (Å²) in [6.07, 6.45) is 1.64. The molecule has 2 heterocycles. The number of hydrogen-bond acceptors (Lipinski definition) is 4. The minimum atomic E-state index is 0.437. The van der Waals surface area contributed by atoms with Crippen molar-refractivity contribution in [2.45, 2.75) is 13.5 Å². The first-order chi connectivity index (χ1) is 7.78. The molecule has 0 aliphatic carbocycles. The Morgan fingerprint density at radius 1 is 1.44 bits per heavy atom. The van der Waals surface area contributed by atoms with Gasteiger partial charge in [-0.1, -0.05) is 0 Å². The number of aromatic nitrogens is 1. The highest BCUT2D eigenvalue weighted by Gasteiger charge is 1.98. The van der Waals surface area contributed by atoms with E-state index in [0.29, 0.717) is 5.69 Å². The fraction of sp³-hybridized carbons (Fsp3) is 0.167. The van der Waals surface area contributed by atoms with Crippen LogP contribution in [0.2, 0.25) is 0 Å². The van der Waals surface area contributed by atoms with Gasteiger partial charge >= 0.3 is 0 Å². The minimum absolute atomic E-state index is 0.437. The van der Waals surface area contributed by atoms with Crippen LogP contribution in [-0.2, 0) is 6.54 Å². The molecular formula is C12H11N3S. The van der Waals surface area contributed by atoms with E-state index in [2.05, 4.69) is 29.4 Å². The molecule has 2 aromatic heterocycles. The maximum atomic E-state index is 8.71. The summed E-state index contributed by atoms with van der Waals surface area (Å²) in [4.78, 5) is 6.51. The van der Waals surface area contributed by atoms with E-state index in [-0.39, 0.29) is 0 Å². The van der Waals surface area contributed by atoms with Crippen LogP contribution in [-0.4, -0.2) is 4.98 Å². The predicted octanol–water partition coefficient (Wildman–Crippen LogP) is 2.94. The van der Waals surface area contributed by atoms with Gasteiger partial charge in [-0.25, -0.2) is 4.98 Å². The maximum absolute atomic E-state index is 8.71. The van der Waals surface area contributed by atoms with Gasteiger partial charge in [-0.15, -0.1) is 11.3 Å². The van der Waals surface area contributed by atoms with Gasteiger partial charge in [0.1, 0.15) is 11.8 Å². The Labute approximate surface area is 98.4 Å². The quantitative estimate of drug-likeness (QED) is 0.880. The first kappa shape index (κ1) is 10.7. The molecule has 2 rings (SSSR count). The zero-order valence-corrected chi connectivity index (χ0v) is 9.71. The number of anilines is 1. The first-order valence-electron chi connectivity index (χ1n) is 4.93. The monoisotopic (exact) mass is 229 g/mol. The molecule has 0 spiro atoms. The van der Waals surface area contributed by atoms with Crippen LogP contribution >= 0.6 is 11.3 Å². The second kappa shape index (κ2) is 4.77. The average molecular weight is 229 g/mol. The topological polar surface area (TPSA) is 48.7 Å². The van der Waals surface area contributed by atoms with Gasteiger partial charge in [0.15, 0.2) is 0 Å². The van der Waals surface area contributed by atoms with Gasteiger partial charge in [-0.05, 0) is 31.2 Å². The van der Waals surface area contributed by atoms with Crippen molar-refractivity contribution in [2.24, 2.45) is 0 Å². The second-order valence-corrected chi connectivity index (χ2v) is 4.78. The Morgan fingerprint density at radius 2 is 2.31 bits per heavy atom. The van der Waals surface area contributed by atoms with Gasteiger partial charge in [0.25, 0.3) is 0 Å². The number of nitrogens with one attached hydrogen (secondary N) is 1. The Bertz CT molecular complexity index is 525. The molecule has 1 N–H and O–H groups in total. The van der Waals surface area contributed by atoms with Gasteiger partial charge in [0.05, 0.1) is 0 Å². The zero-order valence-electron chi connectivity index (χ0n) is 8.90. The van der Waals surface area contributed by atoms with Crippen LogP contribution in [0, 0.1) is 18.3 Å². The molecule has 0 saturated carbocycles. The smallest absolute Gasteiger partial charge is 0.142 e. The fourth-order valence-electron chi connectivity index (χ4n) is 1.37. The van der Waals surface area contributed by atoms with E-state index in [1.807, 2.05) is 12.1 Å². The minimum Gasteiger partial charge on any atom is -0.380 e. The summed E-state index contributed by atoms with van der Waals surface area (Å²) < 4.78 is 0. The third kappa shape index (κ3) is 2.59. The Balaban J connectivity index is 2.02. The number of pyridine rings is 1. The maximum Gasteiger partial charge on any atom is 0.142 e. The Hall–Kier alpha value is -1.86. The van der Waals surface area contributed by atoms with E-state index in [1.165, 1.54) is 9.75 Å². The van der Waals surface area contributed by atoms with Crippen LogP contribution in [0.5, 0.6) is 0 Å². The number of nitriles is 1. The van der Waals surface area contributed by atoms with Crippen molar-refractivity contribution >= 4 is 17.0 Å². The van der Waals surface area contributed by atoms with Crippen molar-refractivity contribution in [1.29, 1.82) is 5.26 Å². The van der Waals surface area contributed by atoms with E-state index >= 15 is 0 Å². The number of nitrogens with zero attached hydrogens (tertiary/aromatic N) is 2. The molecular weight excluding hydrogens is 218 g/mol. The van der Waals surface area contributed by atoms with E-state index in [0.717, 1.165) is 12.2 Å². The summed E-state index contributed by atoms with van der Waals surface area (Å²) in [5.74, 6) is 0. The van der Waals surface area contributed by atoms with Crippen LogP contribution in [0.4, 0.5) is 5.69 Å². The molecule has 0 bridgehead atoms. The van der Waals surface area contributed by atoms with Gasteiger partial charge < -0.3 is 5.32 Å². The second-order valence-electron chi connectivity index (χ2n) is 3.41. The van der Waals surface area contributed by atoms with Crippen LogP contribution in [0.1, 0.15) is 15.4 Å². The third-order valence-corrected chi connectivity index (χ3v) is 3.14. The van der Waals surface area contributed by atoms with Gasteiger partial charge in [-0.2, -0.15) is 5.26 Å². The molecule has 0 saturated heterocycles. The lowest BCUT2D eigenvalue weighted by atomic mass is 10.3. The summed E-state index contributed by atoms with van der Waals surface area (Å²) in [6.45, 7) is 2.88. The SMILES string of the molecule is Cc1ccc(CNc2ccnc(C#N)c2)s1. The molecule has 0 aliphatic heterocycles. The Morgan fingerprint density at radius 3 is 3.00 bits per heavy atom. The highest BCUT2D eigenvalue weighted by molar-refractivity contribution is 7.11. The molecule has 3 nitrogen and oxygen atoms in total. The number of thiophene rings is 1. The van der Waals surface area contributed by atoms with E-state index in [1.54, 1.807) is 23.6 Å². The van der Waals surface area contributed by atoms with Gasteiger partial charge in [-0.3, -0.25) is 0 Å². The van der Waals surface area contributed by atoms with Crippen LogP contribution in [0.25, 0.3) is 0 Å². The van der Waals surface area contributed by atoms with E-state index in [4.69, 9.17) is 5.26 Å². The van der Waals surface area contributed by atoms with Crippen molar-refractivity contribution in [1.82, 2.24) is 4.98 Å². The largest absolute Gasteiger partial charge is 0.380 e. The molecule has 0 unspecified atom stereocenters. The lowest BCUT2D eigenvalue weighted by molar-refractivity contribution is 1.17. The first-order valence-corrected chi connectivity index (χ1v) is 5.75. The van der Waals surface area contributed by atoms with Crippen molar-refractivity contribution in [3.05, 3.63) is 45.9 Å². The highest BCUT2D eigenvalue weighted by Crippen LogP contribution is 2.17. The van der Waals surface area contributed by atoms with Crippen molar-refractivity contribution < 1.29 is 0 Å². The van der Waals surface area contributed by atoms with Crippen molar-refractivity contribution in [2.75, 3.05) is 5.32 Å². The summed E-state index contributed by atoms with van der Waals surface area (Å²) in [6, 6.07) is 9.85. The number of rotatable bonds is 3. The summed E-state index contributed by atoms with van der Waals surface area (Å²) in [5.41, 5.74) is 1.37. The number of hydrogen-bond donors (Lipinski definition) is 1. The number of aryl methyl sites for hydroxylation is 1. The summed E-state index contributed by atoms with van der Waals surface area (Å²) in [5, 5.41) is 12.0. The molecule has 0 amide bonds. The standard InChI is InChI=1S/C12H11N3S/c1-9-2-3-12(16-9)8-15-10-4-5-14-11(6-10)7-13/h2-6H,8H2,1H3,(H,14,15). The van der Waals surface area contributed by atoms with E-state index < -0.39 is 0 Å². The molecule has 80 valence electrons. The molecule has 16 heavy (non-hydrogen) atoms. The van der Waals surface area contributed by atoms with Crippen LogP contribution in [0.15, 0.2) is 30.5 Å². The predicted molar refractivity (Wildman–Crippen MR) is 65.3 cm³/mol. The Kier molecular flexibility index (Phi) is 3.18. The lowest BCUT2D eigenvalue weighted by Gasteiger charge is -2.03. The van der Waals surface area contributed by atoms with Crippen LogP contribution in [0.3, 0.4) is 0 Å².